The molecular weight excluding hydrogens is 992 g/mol. The Morgan fingerprint density at radius 2 is 1.48 bits per heavy atom. The van der Waals surface area contributed by atoms with E-state index in [1.54, 1.807) is 23.5 Å². The molecule has 2 aliphatic heterocycles. The van der Waals surface area contributed by atoms with Gasteiger partial charge in [0.2, 0.25) is 29.5 Å². The molecule has 4 heterocycles. The predicted molar refractivity (Wildman–Crippen MR) is 292 cm³/mol. The van der Waals surface area contributed by atoms with Crippen LogP contribution in [0.15, 0.2) is 60.4 Å². The van der Waals surface area contributed by atoms with E-state index in [1.165, 1.54) is 11.2 Å². The number of nitrogens with one attached hydrogen (secondary N) is 4. The number of piperazine rings is 1. The van der Waals surface area contributed by atoms with Crippen LogP contribution in [0.2, 0.25) is 5.02 Å². The largest absolute Gasteiger partial charge is 0.391 e. The number of β-amino-alcohol motifs (C(OH)–C–C–N with tert-alkyl or cyclic N) is 1. The van der Waals surface area contributed by atoms with Gasteiger partial charge in [0.15, 0.2) is 0 Å². The lowest BCUT2D eigenvalue weighted by molar-refractivity contribution is -0.144. The van der Waals surface area contributed by atoms with E-state index in [9.17, 15) is 34.2 Å². The van der Waals surface area contributed by atoms with Crippen molar-refractivity contribution in [2.75, 3.05) is 57.3 Å². The molecule has 6 N–H and O–H groups in total. The van der Waals surface area contributed by atoms with E-state index in [0.29, 0.717) is 69.4 Å². The number of hydrogen-bond acceptors (Lipinski definition) is 13. The topological polar surface area (TPSA) is 222 Å². The van der Waals surface area contributed by atoms with Gasteiger partial charge in [0.1, 0.15) is 24.2 Å². The van der Waals surface area contributed by atoms with Crippen molar-refractivity contribution < 1.29 is 34.2 Å². The van der Waals surface area contributed by atoms with Gasteiger partial charge in [-0.3, -0.25) is 24.0 Å². The number of halogens is 1. The molecule has 2 fully saturated rings. The van der Waals surface area contributed by atoms with Gasteiger partial charge in [-0.05, 0) is 73.3 Å². The average Bonchev–Trinajstić information content (AvgIpc) is 4.09. The van der Waals surface area contributed by atoms with Gasteiger partial charge in [-0.1, -0.05) is 101 Å². The molecule has 0 bridgehead atoms. The van der Waals surface area contributed by atoms with Crippen LogP contribution in [0.1, 0.15) is 151 Å². The van der Waals surface area contributed by atoms with Gasteiger partial charge in [-0.2, -0.15) is 0 Å². The number of unbranched alkanes of at least 4 members (excludes halogenated alkanes) is 5. The molecule has 0 radical (unpaired) electrons. The molecule has 0 spiro atoms. The standard InChI is InChI=1S/C56H77ClN10O7S/c1-35-29-45(69)49-48(35)52(61-33-60-49)65-25-27-66(28-26-65)54(73)43(39-18-20-41(57)21-19-39)31-58-24-22-46(70)59-23-12-10-8-7-9-11-13-47(71)64-51(56(4,5)6)55(74)67-32-42(68)30-44(67)53(72)63-36(2)38-14-16-40(17-15-38)50-37(3)62-34-75-50/h14-21,33-36,42-45,51,58,68-69H,7-13,22-32H2,1-6H3,(H,59,70)(H,63,72)(H,64,71)/t35-,36+,42-,43-,44+,45-,51-/m1/s1. The van der Waals surface area contributed by atoms with E-state index < -0.39 is 35.6 Å². The number of carbonyl (C=O) groups excluding carboxylic acids is 5. The normalized spacial score (nSPS) is 19.8. The Hall–Kier alpha value is -5.53. The number of benzene rings is 2. The average molecular weight is 1070 g/mol. The first-order valence-corrected chi connectivity index (χ1v) is 28.0. The van der Waals surface area contributed by atoms with Gasteiger partial charge in [0.25, 0.3) is 0 Å². The third-order valence-corrected chi connectivity index (χ3v) is 16.1. The maximum absolute atomic E-state index is 14.1. The van der Waals surface area contributed by atoms with Crippen molar-refractivity contribution in [1.29, 1.82) is 0 Å². The van der Waals surface area contributed by atoms with E-state index >= 15 is 0 Å². The molecule has 4 aromatic rings. The summed E-state index contributed by atoms with van der Waals surface area (Å²) in [4.78, 5) is 87.7. The Morgan fingerprint density at radius 1 is 0.800 bits per heavy atom. The highest BCUT2D eigenvalue weighted by molar-refractivity contribution is 7.13. The molecule has 75 heavy (non-hydrogen) atoms. The van der Waals surface area contributed by atoms with Crippen LogP contribution in [-0.2, 0) is 24.0 Å². The van der Waals surface area contributed by atoms with E-state index in [-0.39, 0.29) is 67.3 Å². The minimum absolute atomic E-state index is 0.00941. The zero-order valence-electron chi connectivity index (χ0n) is 44.4. The number of amides is 5. The molecule has 1 aliphatic carbocycles. The highest BCUT2D eigenvalue weighted by Crippen LogP contribution is 2.43. The van der Waals surface area contributed by atoms with Crippen molar-refractivity contribution in [3.63, 3.8) is 0 Å². The Kier molecular flexibility index (Phi) is 20.2. The molecule has 7 atom stereocenters. The van der Waals surface area contributed by atoms with Crippen LogP contribution >= 0.6 is 22.9 Å². The fourth-order valence-electron chi connectivity index (χ4n) is 10.5. The van der Waals surface area contributed by atoms with E-state index in [2.05, 4.69) is 48.0 Å². The van der Waals surface area contributed by atoms with Crippen LogP contribution in [0.25, 0.3) is 10.4 Å². The van der Waals surface area contributed by atoms with Gasteiger partial charge in [0.05, 0.1) is 45.9 Å². The highest BCUT2D eigenvalue weighted by Gasteiger charge is 2.45. The molecule has 19 heteroatoms. The molecule has 2 aromatic heterocycles. The first-order valence-electron chi connectivity index (χ1n) is 26.8. The summed E-state index contributed by atoms with van der Waals surface area (Å²) in [6.45, 7) is 15.3. The second kappa shape index (κ2) is 26.5. The van der Waals surface area contributed by atoms with Crippen molar-refractivity contribution in [1.82, 2.24) is 46.0 Å². The third-order valence-electron chi connectivity index (χ3n) is 14.8. The number of aryl methyl sites for hydroxylation is 1. The molecule has 5 amide bonds. The van der Waals surface area contributed by atoms with Gasteiger partial charge in [-0.15, -0.1) is 11.3 Å². The second-order valence-corrected chi connectivity index (χ2v) is 22.9. The number of aliphatic hydroxyl groups excluding tert-OH is 2. The second-order valence-electron chi connectivity index (χ2n) is 21.6. The summed E-state index contributed by atoms with van der Waals surface area (Å²) in [6, 6.07) is 13.2. The number of carbonyl (C=O) groups is 5. The minimum atomic E-state index is -0.884. The van der Waals surface area contributed by atoms with Crippen LogP contribution in [0.5, 0.6) is 0 Å². The molecule has 406 valence electrons. The monoisotopic (exact) mass is 1070 g/mol. The highest BCUT2D eigenvalue weighted by atomic mass is 35.5. The molecule has 0 saturated carbocycles. The third kappa shape index (κ3) is 15.1. The lowest BCUT2D eigenvalue weighted by Gasteiger charge is -2.38. The van der Waals surface area contributed by atoms with Crippen molar-refractivity contribution in [3.05, 3.63) is 93.5 Å². The van der Waals surface area contributed by atoms with Crippen LogP contribution in [0, 0.1) is 12.3 Å². The fourth-order valence-corrected chi connectivity index (χ4v) is 11.4. The summed E-state index contributed by atoms with van der Waals surface area (Å²) < 4.78 is 0. The summed E-state index contributed by atoms with van der Waals surface area (Å²) >= 11 is 7.79. The molecule has 2 saturated heterocycles. The number of hydrogen-bond donors (Lipinski definition) is 6. The van der Waals surface area contributed by atoms with Crippen molar-refractivity contribution >= 4 is 58.3 Å². The number of rotatable bonds is 23. The van der Waals surface area contributed by atoms with Crippen molar-refractivity contribution in [3.8, 4) is 10.4 Å². The zero-order valence-corrected chi connectivity index (χ0v) is 46.0. The maximum atomic E-state index is 14.1. The minimum Gasteiger partial charge on any atom is -0.391 e. The zero-order chi connectivity index (χ0) is 53.8. The fraction of sp³-hybridized carbons (Fsp3) is 0.571. The number of anilines is 1. The molecular formula is C56H77ClN10O7S. The summed E-state index contributed by atoms with van der Waals surface area (Å²) in [5.41, 5.74) is 6.66. The van der Waals surface area contributed by atoms with Crippen molar-refractivity contribution in [2.45, 2.75) is 148 Å². The smallest absolute Gasteiger partial charge is 0.246 e. The molecule has 17 nitrogen and oxygen atoms in total. The summed E-state index contributed by atoms with van der Waals surface area (Å²) in [5, 5.41) is 34.1. The Morgan fingerprint density at radius 3 is 2.16 bits per heavy atom. The van der Waals surface area contributed by atoms with Crippen LogP contribution < -0.4 is 26.2 Å². The molecule has 3 aliphatic rings. The quantitative estimate of drug-likeness (QED) is 0.0426. The number of likely N-dealkylation sites (tertiary alicyclic amines) is 1. The summed E-state index contributed by atoms with van der Waals surface area (Å²) in [7, 11) is 0. The number of aliphatic hydroxyl groups is 2. The van der Waals surface area contributed by atoms with Crippen LogP contribution in [-0.4, -0.2) is 135 Å². The number of aromatic nitrogens is 3. The number of nitrogens with zero attached hydrogens (tertiary/aromatic N) is 6. The van der Waals surface area contributed by atoms with Gasteiger partial charge in [0, 0.05) is 82.2 Å². The van der Waals surface area contributed by atoms with Gasteiger partial charge >= 0.3 is 0 Å². The predicted octanol–water partition coefficient (Wildman–Crippen LogP) is 6.73. The lowest BCUT2D eigenvalue weighted by Crippen LogP contribution is -2.57. The summed E-state index contributed by atoms with van der Waals surface area (Å²) in [6.07, 6.45) is 6.52. The van der Waals surface area contributed by atoms with Crippen LogP contribution in [0.4, 0.5) is 5.82 Å². The lowest BCUT2D eigenvalue weighted by atomic mass is 9.85. The Labute approximate surface area is 451 Å². The first-order chi connectivity index (χ1) is 35.9. The Bertz CT molecular complexity index is 2570. The number of thiazole rings is 1. The van der Waals surface area contributed by atoms with Gasteiger partial charge < -0.3 is 46.2 Å². The van der Waals surface area contributed by atoms with Crippen molar-refractivity contribution in [2.24, 2.45) is 5.41 Å². The van der Waals surface area contributed by atoms with Crippen LogP contribution in [0.3, 0.4) is 0 Å². The molecule has 0 unspecified atom stereocenters. The Balaban J connectivity index is 0.765. The number of fused-ring (bicyclic) bond motifs is 1. The SMILES string of the molecule is Cc1ncsc1-c1ccc([C@H](C)NC(=O)[C@@H]2C[C@@H](O)CN2C(=O)[C@@H](NC(=O)CCCCCCCCNC(=O)CCNC[C@@H](C(=O)N2CCN(c3ncnc4c3[C@H](C)C[C@H]4O)CC2)c2ccc(Cl)cc2)C(C)(C)C)cc1. The van der Waals surface area contributed by atoms with E-state index in [4.69, 9.17) is 11.6 Å². The first kappa shape index (κ1) is 57.2. The summed E-state index contributed by atoms with van der Waals surface area (Å²) in [5.74, 6) is -0.458. The molecule has 7 rings (SSSR count). The van der Waals surface area contributed by atoms with Gasteiger partial charge in [-0.25, -0.2) is 15.0 Å². The molecule has 2 aromatic carbocycles. The van der Waals surface area contributed by atoms with E-state index in [1.807, 2.05) is 81.4 Å². The maximum Gasteiger partial charge on any atom is 0.246 e. The van der Waals surface area contributed by atoms with E-state index in [0.717, 1.165) is 70.7 Å².